The fourth-order valence-electron chi connectivity index (χ4n) is 2.18. The second-order valence-electron chi connectivity index (χ2n) is 5.01. The molecule has 0 aromatic heterocycles. The molecule has 1 amide bonds. The molecule has 0 saturated carbocycles. The highest BCUT2D eigenvalue weighted by Crippen LogP contribution is 2.25. The number of hydrogen-bond donors (Lipinski definition) is 2. The number of rotatable bonds is 2. The highest BCUT2D eigenvalue weighted by molar-refractivity contribution is 5.78. The normalized spacial score (nSPS) is 23.3. The molecule has 3 nitrogen and oxygen atoms in total. The topological polar surface area (TPSA) is 41.1 Å². The van der Waals surface area contributed by atoms with Gasteiger partial charge in [0.15, 0.2) is 0 Å². The minimum Gasteiger partial charge on any atom is -0.347 e. The molecule has 2 atom stereocenters. The van der Waals surface area contributed by atoms with E-state index < -0.39 is 0 Å². The summed E-state index contributed by atoms with van der Waals surface area (Å²) in [5, 5.41) is 6.54. The Hall–Kier alpha value is -1.35. The van der Waals surface area contributed by atoms with E-state index in [1.807, 2.05) is 26.0 Å². The Kier molecular flexibility index (Phi) is 3.48. The van der Waals surface area contributed by atoms with Crippen molar-refractivity contribution in [2.45, 2.75) is 39.4 Å². The first-order valence-corrected chi connectivity index (χ1v) is 6.21. The van der Waals surface area contributed by atoms with Crippen LogP contribution >= 0.6 is 0 Å². The van der Waals surface area contributed by atoms with Crippen LogP contribution in [0, 0.1) is 5.92 Å². The van der Waals surface area contributed by atoms with Crippen molar-refractivity contribution in [3.05, 3.63) is 35.4 Å². The third kappa shape index (κ3) is 2.50. The second-order valence-corrected chi connectivity index (χ2v) is 5.01. The molecule has 0 saturated heterocycles. The molecule has 0 spiro atoms. The maximum absolute atomic E-state index is 11.8. The van der Waals surface area contributed by atoms with Crippen LogP contribution in [0.4, 0.5) is 0 Å². The molecule has 2 N–H and O–H groups in total. The van der Waals surface area contributed by atoms with Crippen molar-refractivity contribution in [3.8, 4) is 0 Å². The van der Waals surface area contributed by atoms with Gasteiger partial charge in [0, 0.05) is 18.5 Å². The Labute approximate surface area is 103 Å². The van der Waals surface area contributed by atoms with Gasteiger partial charge >= 0.3 is 0 Å². The summed E-state index contributed by atoms with van der Waals surface area (Å²) in [5.74, 6) is 0.136. The Morgan fingerprint density at radius 3 is 2.82 bits per heavy atom. The van der Waals surface area contributed by atoms with E-state index in [0.717, 1.165) is 6.54 Å². The summed E-state index contributed by atoms with van der Waals surface area (Å²) in [6.45, 7) is 6.83. The second kappa shape index (κ2) is 4.88. The Bertz CT molecular complexity index is 414. The van der Waals surface area contributed by atoms with Gasteiger partial charge in [0.25, 0.3) is 0 Å². The smallest absolute Gasteiger partial charge is 0.223 e. The number of carbonyl (C=O) groups excluding carboxylic acids is 1. The lowest BCUT2D eigenvalue weighted by Crippen LogP contribution is -2.46. The van der Waals surface area contributed by atoms with Gasteiger partial charge in [0.1, 0.15) is 0 Å². The highest BCUT2D eigenvalue weighted by Gasteiger charge is 2.27. The molecule has 17 heavy (non-hydrogen) atoms. The third-order valence-corrected chi connectivity index (χ3v) is 3.33. The van der Waals surface area contributed by atoms with Crippen molar-refractivity contribution in [1.29, 1.82) is 0 Å². The number of carbonyl (C=O) groups is 1. The average Bonchev–Trinajstić information content (AvgIpc) is 2.32. The van der Waals surface area contributed by atoms with E-state index in [1.54, 1.807) is 0 Å². The maximum atomic E-state index is 11.8. The fourth-order valence-corrected chi connectivity index (χ4v) is 2.18. The number of benzene rings is 1. The Morgan fingerprint density at radius 1 is 1.41 bits per heavy atom. The number of hydrogen-bond acceptors (Lipinski definition) is 2. The Balaban J connectivity index is 2.24. The first-order chi connectivity index (χ1) is 8.09. The fraction of sp³-hybridized carbons (Fsp3) is 0.500. The van der Waals surface area contributed by atoms with Gasteiger partial charge in [-0.25, -0.2) is 0 Å². The zero-order valence-electron chi connectivity index (χ0n) is 10.7. The number of amides is 1. The molecule has 2 rings (SSSR count). The summed E-state index contributed by atoms with van der Waals surface area (Å²) in [5.41, 5.74) is 2.52. The van der Waals surface area contributed by atoms with Crippen LogP contribution < -0.4 is 10.6 Å². The molecule has 92 valence electrons. The lowest BCUT2D eigenvalue weighted by molar-refractivity contribution is -0.125. The molecule has 1 heterocycles. The SMILES string of the molecule is CC(C)C(=O)NC1c2ccccc2CNC1C. The van der Waals surface area contributed by atoms with Crippen LogP contribution in [0.2, 0.25) is 0 Å². The van der Waals surface area contributed by atoms with Crippen LogP contribution in [0.5, 0.6) is 0 Å². The van der Waals surface area contributed by atoms with E-state index in [9.17, 15) is 4.79 Å². The first-order valence-electron chi connectivity index (χ1n) is 6.21. The van der Waals surface area contributed by atoms with E-state index in [0.29, 0.717) is 0 Å². The van der Waals surface area contributed by atoms with Gasteiger partial charge in [-0.3, -0.25) is 4.79 Å². The van der Waals surface area contributed by atoms with Crippen molar-refractivity contribution in [2.75, 3.05) is 0 Å². The predicted octanol–water partition coefficient (Wildman–Crippen LogP) is 1.99. The minimum atomic E-state index is 0.0243. The van der Waals surface area contributed by atoms with Crippen molar-refractivity contribution in [3.63, 3.8) is 0 Å². The van der Waals surface area contributed by atoms with Gasteiger partial charge in [0.05, 0.1) is 6.04 Å². The highest BCUT2D eigenvalue weighted by atomic mass is 16.1. The van der Waals surface area contributed by atoms with E-state index in [2.05, 4.69) is 29.7 Å². The van der Waals surface area contributed by atoms with Gasteiger partial charge in [-0.1, -0.05) is 38.1 Å². The maximum Gasteiger partial charge on any atom is 0.223 e. The summed E-state index contributed by atoms with van der Waals surface area (Å²) in [7, 11) is 0. The lowest BCUT2D eigenvalue weighted by atomic mass is 9.91. The molecule has 0 bridgehead atoms. The van der Waals surface area contributed by atoms with Gasteiger partial charge < -0.3 is 10.6 Å². The molecule has 1 aliphatic heterocycles. The zero-order chi connectivity index (χ0) is 12.4. The zero-order valence-corrected chi connectivity index (χ0v) is 10.7. The average molecular weight is 232 g/mol. The summed E-state index contributed by atoms with van der Waals surface area (Å²) in [4.78, 5) is 11.8. The summed E-state index contributed by atoms with van der Waals surface area (Å²) < 4.78 is 0. The number of nitrogens with one attached hydrogen (secondary N) is 2. The van der Waals surface area contributed by atoms with E-state index >= 15 is 0 Å². The van der Waals surface area contributed by atoms with Crippen LogP contribution in [-0.4, -0.2) is 11.9 Å². The standard InChI is InChI=1S/C14H20N2O/c1-9(2)14(17)16-13-10(3)15-8-11-6-4-5-7-12(11)13/h4-7,9-10,13,15H,8H2,1-3H3,(H,16,17). The van der Waals surface area contributed by atoms with Crippen molar-refractivity contribution >= 4 is 5.91 Å². The third-order valence-electron chi connectivity index (χ3n) is 3.33. The molecule has 1 aromatic rings. The van der Waals surface area contributed by atoms with Crippen LogP contribution in [-0.2, 0) is 11.3 Å². The Morgan fingerprint density at radius 2 is 2.12 bits per heavy atom. The van der Waals surface area contributed by atoms with Crippen molar-refractivity contribution < 1.29 is 4.79 Å². The molecule has 1 aromatic carbocycles. The summed E-state index contributed by atoms with van der Waals surface area (Å²) in [6, 6.07) is 8.65. The molecular formula is C14H20N2O. The van der Waals surface area contributed by atoms with Crippen LogP contribution in [0.25, 0.3) is 0 Å². The number of fused-ring (bicyclic) bond motifs is 1. The van der Waals surface area contributed by atoms with Gasteiger partial charge in [-0.2, -0.15) is 0 Å². The predicted molar refractivity (Wildman–Crippen MR) is 68.5 cm³/mol. The van der Waals surface area contributed by atoms with Crippen LogP contribution in [0.3, 0.4) is 0 Å². The van der Waals surface area contributed by atoms with Crippen LogP contribution in [0.15, 0.2) is 24.3 Å². The molecular weight excluding hydrogens is 212 g/mol. The van der Waals surface area contributed by atoms with E-state index in [-0.39, 0.29) is 23.9 Å². The summed E-state index contributed by atoms with van der Waals surface area (Å²) in [6.07, 6.45) is 0. The van der Waals surface area contributed by atoms with Gasteiger partial charge in [-0.15, -0.1) is 0 Å². The van der Waals surface area contributed by atoms with Crippen molar-refractivity contribution in [2.24, 2.45) is 5.92 Å². The van der Waals surface area contributed by atoms with Gasteiger partial charge in [-0.05, 0) is 18.1 Å². The quantitative estimate of drug-likeness (QED) is 0.818. The molecule has 0 fully saturated rings. The molecule has 2 unspecified atom stereocenters. The first kappa shape index (κ1) is 12.1. The minimum absolute atomic E-state index is 0.0243. The molecule has 3 heteroatoms. The summed E-state index contributed by atoms with van der Waals surface area (Å²) >= 11 is 0. The van der Waals surface area contributed by atoms with E-state index in [4.69, 9.17) is 0 Å². The van der Waals surface area contributed by atoms with Crippen molar-refractivity contribution in [1.82, 2.24) is 10.6 Å². The van der Waals surface area contributed by atoms with E-state index in [1.165, 1.54) is 11.1 Å². The molecule has 1 aliphatic rings. The monoisotopic (exact) mass is 232 g/mol. The van der Waals surface area contributed by atoms with Gasteiger partial charge in [0.2, 0.25) is 5.91 Å². The largest absolute Gasteiger partial charge is 0.347 e. The van der Waals surface area contributed by atoms with Crippen LogP contribution in [0.1, 0.15) is 37.9 Å². The molecule has 0 radical (unpaired) electrons. The molecule has 0 aliphatic carbocycles. The lowest BCUT2D eigenvalue weighted by Gasteiger charge is -2.33.